The monoisotopic (exact) mass is 446 g/mol. The molecule has 0 radical (unpaired) electrons. The first kappa shape index (κ1) is 20.9. The van der Waals surface area contributed by atoms with Gasteiger partial charge in [0, 0.05) is 12.5 Å². The number of amides is 1. The Morgan fingerprint density at radius 3 is 2.62 bits per heavy atom. The second-order valence-corrected chi connectivity index (χ2v) is 8.79. The lowest BCUT2D eigenvalue weighted by Gasteiger charge is -2.10. The van der Waals surface area contributed by atoms with Gasteiger partial charge >= 0.3 is 6.18 Å². The Morgan fingerprint density at radius 2 is 2.03 bits per heavy atom. The van der Waals surface area contributed by atoms with Gasteiger partial charge in [0.15, 0.2) is 5.82 Å². The average molecular weight is 446 g/mol. The van der Waals surface area contributed by atoms with Crippen molar-refractivity contribution in [2.24, 2.45) is 0 Å². The first-order chi connectivity index (χ1) is 13.5. The molecule has 0 unspecified atom stereocenters. The number of hydrogen-bond acceptors (Lipinski definition) is 8. The van der Waals surface area contributed by atoms with Crippen LogP contribution in [0, 0.1) is 6.92 Å². The van der Waals surface area contributed by atoms with Crippen LogP contribution >= 0.6 is 11.3 Å². The number of anilines is 1. The molecule has 0 bridgehead atoms. The van der Waals surface area contributed by atoms with Crippen molar-refractivity contribution >= 4 is 32.9 Å². The van der Waals surface area contributed by atoms with Gasteiger partial charge in [-0.25, -0.2) is 18.4 Å². The van der Waals surface area contributed by atoms with Crippen molar-refractivity contribution in [3.63, 3.8) is 0 Å². The van der Waals surface area contributed by atoms with Crippen LogP contribution in [0.15, 0.2) is 39.3 Å². The van der Waals surface area contributed by atoms with E-state index in [0.717, 1.165) is 11.3 Å². The van der Waals surface area contributed by atoms with E-state index < -0.39 is 44.9 Å². The highest BCUT2D eigenvalue weighted by atomic mass is 32.2. The molecule has 0 spiro atoms. The summed E-state index contributed by atoms with van der Waals surface area (Å²) in [5.41, 5.74) is -1.54. The summed E-state index contributed by atoms with van der Waals surface area (Å²) in [5.74, 6) is -0.945. The van der Waals surface area contributed by atoms with Gasteiger partial charge in [0.1, 0.15) is 11.5 Å². The first-order valence-corrected chi connectivity index (χ1v) is 10.5. The SMILES string of the molecule is Cc1cc(NC(=O)CCS(=O)(=O)c2nc(-c3cccs3)cc(C(F)(F)F)n2)no1. The molecular weight excluding hydrogens is 433 g/mol. The van der Waals surface area contributed by atoms with E-state index in [1.165, 1.54) is 12.1 Å². The Bertz CT molecular complexity index is 1130. The van der Waals surface area contributed by atoms with Crippen LogP contribution in [0.25, 0.3) is 10.6 Å². The minimum absolute atomic E-state index is 0.0974. The fraction of sp³-hybridized carbons (Fsp3) is 0.250. The second kappa shape index (κ2) is 7.91. The number of alkyl halides is 3. The van der Waals surface area contributed by atoms with Crippen LogP contribution in [0.2, 0.25) is 0 Å². The van der Waals surface area contributed by atoms with Gasteiger partial charge in [-0.1, -0.05) is 11.2 Å². The van der Waals surface area contributed by atoms with E-state index in [4.69, 9.17) is 4.52 Å². The summed E-state index contributed by atoms with van der Waals surface area (Å²) in [7, 11) is -4.36. The first-order valence-electron chi connectivity index (χ1n) is 8.01. The number of sulfone groups is 1. The molecular formula is C16H13F3N4O4S2. The Morgan fingerprint density at radius 1 is 1.28 bits per heavy atom. The van der Waals surface area contributed by atoms with Crippen molar-refractivity contribution in [1.82, 2.24) is 15.1 Å². The zero-order valence-corrected chi connectivity index (χ0v) is 16.4. The average Bonchev–Trinajstić information content (AvgIpc) is 3.31. The standard InChI is InChI=1S/C16H13F3N4O4S2/c1-9-7-13(23-27-9)22-14(24)4-6-29(25,26)15-20-10(11-3-2-5-28-11)8-12(21-15)16(17,18)19/h2-3,5,7-8H,4,6H2,1H3,(H,22,23,24). The molecule has 154 valence electrons. The summed E-state index contributed by atoms with van der Waals surface area (Å²) in [4.78, 5) is 19.2. The molecule has 1 amide bonds. The Hall–Kier alpha value is -2.80. The highest BCUT2D eigenvalue weighted by molar-refractivity contribution is 7.91. The summed E-state index contributed by atoms with van der Waals surface area (Å²) >= 11 is 1.10. The second-order valence-electron chi connectivity index (χ2n) is 5.84. The molecule has 1 N–H and O–H groups in total. The summed E-state index contributed by atoms with van der Waals surface area (Å²) in [6, 6.07) is 5.22. The summed E-state index contributed by atoms with van der Waals surface area (Å²) in [5, 5.41) is 6.50. The molecule has 0 fully saturated rings. The molecule has 0 saturated carbocycles. The normalized spacial score (nSPS) is 12.1. The van der Waals surface area contributed by atoms with Gasteiger partial charge in [0.05, 0.1) is 16.3 Å². The number of carbonyl (C=O) groups excluding carboxylic acids is 1. The number of rotatable bonds is 6. The number of aryl methyl sites for hydroxylation is 1. The van der Waals surface area contributed by atoms with Crippen LogP contribution in [0.5, 0.6) is 0 Å². The van der Waals surface area contributed by atoms with Gasteiger partial charge in [0.2, 0.25) is 20.9 Å². The maximum atomic E-state index is 13.2. The molecule has 3 aromatic heterocycles. The third kappa shape index (κ3) is 5.17. The maximum absolute atomic E-state index is 13.2. The molecule has 0 aliphatic rings. The molecule has 0 saturated heterocycles. The lowest BCUT2D eigenvalue weighted by Crippen LogP contribution is -2.20. The van der Waals surface area contributed by atoms with Crippen LogP contribution in [0.4, 0.5) is 19.0 Å². The summed E-state index contributed by atoms with van der Waals surface area (Å²) in [6.07, 6.45) is -5.39. The van der Waals surface area contributed by atoms with Crippen molar-refractivity contribution < 1.29 is 30.9 Å². The largest absolute Gasteiger partial charge is 0.433 e. The van der Waals surface area contributed by atoms with Gasteiger partial charge in [-0.3, -0.25) is 4.79 Å². The van der Waals surface area contributed by atoms with E-state index >= 15 is 0 Å². The third-order valence-electron chi connectivity index (χ3n) is 3.54. The molecule has 3 aromatic rings. The van der Waals surface area contributed by atoms with E-state index in [0.29, 0.717) is 16.7 Å². The number of nitrogens with zero attached hydrogens (tertiary/aromatic N) is 3. The van der Waals surface area contributed by atoms with E-state index in [1.54, 1.807) is 18.4 Å². The van der Waals surface area contributed by atoms with Gasteiger partial charge in [-0.05, 0) is 24.4 Å². The molecule has 29 heavy (non-hydrogen) atoms. The lowest BCUT2D eigenvalue weighted by molar-refractivity contribution is -0.141. The van der Waals surface area contributed by atoms with Crippen molar-refractivity contribution in [3.05, 3.63) is 41.1 Å². The number of carbonyl (C=O) groups is 1. The highest BCUT2D eigenvalue weighted by Crippen LogP contribution is 2.32. The number of thiophene rings is 1. The summed E-state index contributed by atoms with van der Waals surface area (Å²) < 4.78 is 69.3. The van der Waals surface area contributed by atoms with Gasteiger partial charge in [-0.15, -0.1) is 11.3 Å². The van der Waals surface area contributed by atoms with Crippen LogP contribution in [0.1, 0.15) is 17.9 Å². The van der Waals surface area contributed by atoms with E-state index in [-0.39, 0.29) is 11.5 Å². The van der Waals surface area contributed by atoms with Crippen LogP contribution in [-0.2, 0) is 20.8 Å². The molecule has 8 nitrogen and oxygen atoms in total. The molecule has 0 aliphatic carbocycles. The van der Waals surface area contributed by atoms with Crippen molar-refractivity contribution in [1.29, 1.82) is 0 Å². The lowest BCUT2D eigenvalue weighted by atomic mass is 10.3. The fourth-order valence-electron chi connectivity index (χ4n) is 2.21. The molecule has 3 rings (SSSR count). The van der Waals surface area contributed by atoms with E-state index in [1.807, 2.05) is 0 Å². The topological polar surface area (TPSA) is 115 Å². The van der Waals surface area contributed by atoms with Gasteiger partial charge < -0.3 is 9.84 Å². The van der Waals surface area contributed by atoms with Crippen molar-refractivity contribution in [2.75, 3.05) is 11.1 Å². The Kier molecular flexibility index (Phi) is 5.71. The van der Waals surface area contributed by atoms with Crippen molar-refractivity contribution in [3.8, 4) is 10.6 Å². The number of nitrogens with one attached hydrogen (secondary N) is 1. The predicted octanol–water partition coefficient (Wildman–Crippen LogP) is 3.32. The molecule has 0 aliphatic heterocycles. The quantitative estimate of drug-likeness (QED) is 0.578. The molecule has 0 atom stereocenters. The predicted molar refractivity (Wildman–Crippen MR) is 96.9 cm³/mol. The number of aromatic nitrogens is 3. The molecule has 0 aromatic carbocycles. The minimum atomic E-state index is -4.86. The number of hydrogen-bond donors (Lipinski definition) is 1. The minimum Gasteiger partial charge on any atom is -0.360 e. The maximum Gasteiger partial charge on any atom is 0.433 e. The van der Waals surface area contributed by atoms with E-state index in [2.05, 4.69) is 20.4 Å². The third-order valence-corrected chi connectivity index (χ3v) is 5.91. The van der Waals surface area contributed by atoms with Crippen LogP contribution in [-0.4, -0.2) is 35.2 Å². The van der Waals surface area contributed by atoms with Crippen LogP contribution < -0.4 is 5.32 Å². The van der Waals surface area contributed by atoms with Crippen LogP contribution in [0.3, 0.4) is 0 Å². The molecule has 13 heteroatoms. The highest BCUT2D eigenvalue weighted by Gasteiger charge is 2.35. The Labute approximate surface area is 166 Å². The smallest absolute Gasteiger partial charge is 0.360 e. The Balaban J connectivity index is 1.83. The van der Waals surface area contributed by atoms with Gasteiger partial charge in [-0.2, -0.15) is 13.2 Å². The van der Waals surface area contributed by atoms with Crippen molar-refractivity contribution in [2.45, 2.75) is 24.7 Å². The zero-order valence-electron chi connectivity index (χ0n) is 14.7. The number of halogens is 3. The fourth-order valence-corrected chi connectivity index (χ4v) is 4.01. The van der Waals surface area contributed by atoms with Gasteiger partial charge in [0.25, 0.3) is 0 Å². The van der Waals surface area contributed by atoms with E-state index in [9.17, 15) is 26.4 Å². The molecule has 3 heterocycles. The zero-order chi connectivity index (χ0) is 21.2. The summed E-state index contributed by atoms with van der Waals surface area (Å²) in [6.45, 7) is 1.60.